The van der Waals surface area contributed by atoms with E-state index in [2.05, 4.69) is 20.0 Å². The quantitative estimate of drug-likeness (QED) is 0.835. The summed E-state index contributed by atoms with van der Waals surface area (Å²) in [5, 5.41) is 2.62. The van der Waals surface area contributed by atoms with Crippen LogP contribution in [0.2, 0.25) is 0 Å². The van der Waals surface area contributed by atoms with Crippen LogP contribution in [0, 0.1) is 0 Å². The van der Waals surface area contributed by atoms with Crippen LogP contribution >= 0.6 is 12.4 Å². The molecule has 0 aliphatic rings. The number of rotatable bonds is 3. The van der Waals surface area contributed by atoms with Gasteiger partial charge in [-0.15, -0.1) is 12.4 Å². The van der Waals surface area contributed by atoms with Gasteiger partial charge in [-0.05, 0) is 27.7 Å². The fourth-order valence-electron chi connectivity index (χ4n) is 1.32. The number of esters is 1. The third-order valence-corrected chi connectivity index (χ3v) is 2.14. The summed E-state index contributed by atoms with van der Waals surface area (Å²) >= 11 is 0. The van der Waals surface area contributed by atoms with Crippen LogP contribution in [0.15, 0.2) is 6.20 Å². The Hall–Kier alpha value is -1.76. The molecule has 1 amide bonds. The van der Waals surface area contributed by atoms with E-state index in [1.54, 1.807) is 27.7 Å². The number of hydrogen-bond acceptors (Lipinski definition) is 5. The van der Waals surface area contributed by atoms with Crippen LogP contribution in [0.3, 0.4) is 0 Å². The summed E-state index contributed by atoms with van der Waals surface area (Å²) in [7, 11) is 1.28. The highest BCUT2D eigenvalue weighted by Crippen LogP contribution is 2.11. The minimum atomic E-state index is -0.565. The zero-order valence-electron chi connectivity index (χ0n) is 12.1. The van der Waals surface area contributed by atoms with Crippen molar-refractivity contribution in [3.8, 4) is 0 Å². The van der Waals surface area contributed by atoms with E-state index in [1.165, 1.54) is 13.3 Å². The van der Waals surface area contributed by atoms with Crippen molar-refractivity contribution < 1.29 is 19.1 Å². The van der Waals surface area contributed by atoms with E-state index in [0.717, 1.165) is 0 Å². The van der Waals surface area contributed by atoms with Crippen molar-refractivity contribution in [2.75, 3.05) is 7.11 Å². The molecule has 20 heavy (non-hydrogen) atoms. The molecule has 0 saturated heterocycles. The standard InChI is InChI=1S/C12H19N3O4.ClH/c1-7(14-11(17)19-12(2,3)4)9-13-6-8(15-9)10(16)18-5;/h6-7H,1-5H3,(H,13,15)(H,14,17);1H. The van der Waals surface area contributed by atoms with E-state index in [0.29, 0.717) is 5.82 Å². The summed E-state index contributed by atoms with van der Waals surface area (Å²) < 4.78 is 9.68. The number of methoxy groups -OCH3 is 1. The number of alkyl carbamates (subject to hydrolysis) is 1. The lowest BCUT2D eigenvalue weighted by Gasteiger charge is -2.21. The summed E-state index contributed by atoms with van der Waals surface area (Å²) in [6, 6.07) is -0.409. The van der Waals surface area contributed by atoms with E-state index in [1.807, 2.05) is 0 Å². The molecule has 1 aromatic rings. The third kappa shape index (κ3) is 5.48. The first-order valence-electron chi connectivity index (χ1n) is 5.85. The summed E-state index contributed by atoms with van der Waals surface area (Å²) in [6.45, 7) is 7.06. The van der Waals surface area contributed by atoms with Crippen LogP contribution in [0.5, 0.6) is 0 Å². The summed E-state index contributed by atoms with van der Waals surface area (Å²) in [5.74, 6) is -0.0607. The maximum atomic E-state index is 11.6. The molecule has 2 N–H and O–H groups in total. The molecule has 1 rings (SSSR count). The molecule has 1 unspecified atom stereocenters. The third-order valence-electron chi connectivity index (χ3n) is 2.14. The first kappa shape index (κ1) is 18.2. The number of ether oxygens (including phenoxy) is 2. The monoisotopic (exact) mass is 305 g/mol. The summed E-state index contributed by atoms with van der Waals surface area (Å²) in [4.78, 5) is 29.6. The first-order valence-corrected chi connectivity index (χ1v) is 5.85. The number of aromatic nitrogens is 2. The molecule has 0 fully saturated rings. The Labute approximate surface area is 123 Å². The molecule has 0 aliphatic carbocycles. The number of carbonyl (C=O) groups excluding carboxylic acids is 2. The van der Waals surface area contributed by atoms with Gasteiger partial charge in [0, 0.05) is 0 Å². The highest BCUT2D eigenvalue weighted by Gasteiger charge is 2.20. The van der Waals surface area contributed by atoms with E-state index in [9.17, 15) is 9.59 Å². The minimum Gasteiger partial charge on any atom is -0.464 e. The Morgan fingerprint density at radius 2 is 2.00 bits per heavy atom. The van der Waals surface area contributed by atoms with Crippen molar-refractivity contribution in [2.45, 2.75) is 39.3 Å². The number of hydrogen-bond donors (Lipinski definition) is 2. The van der Waals surface area contributed by atoms with Crippen LogP contribution in [0.4, 0.5) is 4.79 Å². The van der Waals surface area contributed by atoms with E-state index in [-0.39, 0.29) is 18.1 Å². The zero-order valence-corrected chi connectivity index (χ0v) is 13.0. The molecule has 1 atom stereocenters. The molecule has 7 nitrogen and oxygen atoms in total. The van der Waals surface area contributed by atoms with E-state index < -0.39 is 23.7 Å². The number of imidazole rings is 1. The minimum absolute atomic E-state index is 0. The molecule has 0 saturated carbocycles. The van der Waals surface area contributed by atoms with E-state index in [4.69, 9.17) is 4.74 Å². The molecule has 0 spiro atoms. The van der Waals surface area contributed by atoms with Gasteiger partial charge in [-0.3, -0.25) is 0 Å². The molecule has 0 bridgehead atoms. The van der Waals surface area contributed by atoms with Gasteiger partial charge in [0.15, 0.2) is 0 Å². The number of amides is 1. The summed E-state index contributed by atoms with van der Waals surface area (Å²) in [5.41, 5.74) is -0.334. The van der Waals surface area contributed by atoms with E-state index >= 15 is 0 Å². The first-order chi connectivity index (χ1) is 8.73. The van der Waals surface area contributed by atoms with Gasteiger partial charge in [-0.2, -0.15) is 0 Å². The second kappa shape index (κ2) is 7.14. The molecular formula is C12H20ClN3O4. The lowest BCUT2D eigenvalue weighted by atomic mass is 10.2. The Balaban J connectivity index is 0.00000361. The van der Waals surface area contributed by atoms with Gasteiger partial charge in [0.1, 0.15) is 17.1 Å². The molecule has 1 aromatic heterocycles. The highest BCUT2D eigenvalue weighted by atomic mass is 35.5. The van der Waals surface area contributed by atoms with Crippen molar-refractivity contribution in [3.05, 3.63) is 17.7 Å². The van der Waals surface area contributed by atoms with Gasteiger partial charge in [-0.1, -0.05) is 0 Å². The maximum Gasteiger partial charge on any atom is 0.408 e. The molecule has 8 heteroatoms. The molecule has 1 heterocycles. The number of carbonyl (C=O) groups is 2. The van der Waals surface area contributed by atoms with Gasteiger partial charge in [0.25, 0.3) is 0 Å². The molecule has 114 valence electrons. The van der Waals surface area contributed by atoms with Crippen LogP contribution in [-0.2, 0) is 9.47 Å². The fraction of sp³-hybridized carbons (Fsp3) is 0.583. The number of H-pyrrole nitrogens is 1. The molecule has 0 radical (unpaired) electrons. The lowest BCUT2D eigenvalue weighted by molar-refractivity contribution is 0.0505. The molecule has 0 aliphatic heterocycles. The SMILES string of the molecule is COC(=O)c1cnc(C(C)NC(=O)OC(C)(C)C)[nH]1.Cl. The number of aromatic amines is 1. The second-order valence-corrected chi connectivity index (χ2v) is 5.04. The normalized spacial score (nSPS) is 12.1. The molecular weight excluding hydrogens is 286 g/mol. The largest absolute Gasteiger partial charge is 0.464 e. The highest BCUT2D eigenvalue weighted by molar-refractivity contribution is 5.86. The predicted molar refractivity (Wildman–Crippen MR) is 75.0 cm³/mol. The Morgan fingerprint density at radius 1 is 1.40 bits per heavy atom. The summed E-state index contributed by atoms with van der Waals surface area (Å²) in [6.07, 6.45) is 0.810. The molecule has 0 aromatic carbocycles. The Kier molecular flexibility index (Phi) is 6.51. The van der Waals surface area contributed by atoms with Crippen LogP contribution in [-0.4, -0.2) is 34.7 Å². The lowest BCUT2D eigenvalue weighted by Crippen LogP contribution is -2.34. The van der Waals surface area contributed by atoms with Gasteiger partial charge in [0.05, 0.1) is 19.3 Å². The Bertz CT molecular complexity index is 468. The zero-order chi connectivity index (χ0) is 14.6. The number of nitrogens with zero attached hydrogens (tertiary/aromatic N) is 1. The van der Waals surface area contributed by atoms with Crippen molar-refractivity contribution in [1.82, 2.24) is 15.3 Å². The second-order valence-electron chi connectivity index (χ2n) is 5.04. The Morgan fingerprint density at radius 3 is 2.50 bits per heavy atom. The van der Waals surface area contributed by atoms with Crippen molar-refractivity contribution >= 4 is 24.5 Å². The smallest absolute Gasteiger partial charge is 0.408 e. The maximum absolute atomic E-state index is 11.6. The average molecular weight is 306 g/mol. The predicted octanol–water partition coefficient (Wildman–Crippen LogP) is 2.20. The van der Waals surface area contributed by atoms with Gasteiger partial charge >= 0.3 is 12.1 Å². The van der Waals surface area contributed by atoms with Crippen LogP contribution in [0.1, 0.15) is 50.0 Å². The van der Waals surface area contributed by atoms with Crippen LogP contribution in [0.25, 0.3) is 0 Å². The van der Waals surface area contributed by atoms with Gasteiger partial charge in [-0.25, -0.2) is 14.6 Å². The average Bonchev–Trinajstić information content (AvgIpc) is 2.74. The number of halogens is 1. The number of nitrogens with one attached hydrogen (secondary N) is 2. The van der Waals surface area contributed by atoms with Crippen molar-refractivity contribution in [2.24, 2.45) is 0 Å². The van der Waals surface area contributed by atoms with Gasteiger partial charge in [0.2, 0.25) is 0 Å². The van der Waals surface area contributed by atoms with Crippen molar-refractivity contribution in [1.29, 1.82) is 0 Å². The fourth-order valence-corrected chi connectivity index (χ4v) is 1.32. The van der Waals surface area contributed by atoms with Gasteiger partial charge < -0.3 is 19.8 Å². The van der Waals surface area contributed by atoms with Crippen LogP contribution < -0.4 is 5.32 Å². The topological polar surface area (TPSA) is 93.3 Å². The van der Waals surface area contributed by atoms with Crippen molar-refractivity contribution in [3.63, 3.8) is 0 Å².